The molecule has 1 heterocycles. The molecule has 0 unspecified atom stereocenters. The molecule has 0 spiro atoms. The van der Waals surface area contributed by atoms with E-state index in [0.29, 0.717) is 0 Å². The van der Waals surface area contributed by atoms with E-state index in [2.05, 4.69) is 18.9 Å². The zero-order valence-electron chi connectivity index (χ0n) is 11.5. The van der Waals surface area contributed by atoms with Gasteiger partial charge in [-0.2, -0.15) is 5.10 Å². The van der Waals surface area contributed by atoms with Gasteiger partial charge in [-0.25, -0.2) is 4.68 Å². The van der Waals surface area contributed by atoms with Crippen molar-refractivity contribution in [3.63, 3.8) is 0 Å². The summed E-state index contributed by atoms with van der Waals surface area (Å²) in [6.07, 6.45) is 2.11. The number of nitrogens with two attached hydrogens (primary N) is 1. The lowest BCUT2D eigenvalue weighted by Gasteiger charge is -2.18. The zero-order chi connectivity index (χ0) is 13.8. The second-order valence-electron chi connectivity index (χ2n) is 5.94. The number of rotatable bonds is 1. The number of aryl methyl sites for hydroxylation is 2. The fourth-order valence-electron chi connectivity index (χ4n) is 2.86. The second kappa shape index (κ2) is 4.01. The molecule has 1 aromatic carbocycles. The Kier molecular flexibility index (Phi) is 2.65. The molecule has 2 aromatic rings. The Hall–Kier alpha value is -1.48. The van der Waals surface area contributed by atoms with Crippen molar-refractivity contribution >= 4 is 17.4 Å². The van der Waals surface area contributed by atoms with Gasteiger partial charge in [0.2, 0.25) is 0 Å². The number of nitrogen functional groups attached to an aromatic ring is 1. The summed E-state index contributed by atoms with van der Waals surface area (Å²) >= 11 is 6.18. The third-order valence-corrected chi connectivity index (χ3v) is 4.46. The van der Waals surface area contributed by atoms with Gasteiger partial charge in [0.15, 0.2) is 0 Å². The van der Waals surface area contributed by atoms with Crippen molar-refractivity contribution in [2.45, 2.75) is 39.0 Å². The van der Waals surface area contributed by atoms with E-state index in [-0.39, 0.29) is 5.41 Å². The Morgan fingerprint density at radius 3 is 2.74 bits per heavy atom. The van der Waals surface area contributed by atoms with Gasteiger partial charge < -0.3 is 5.73 Å². The van der Waals surface area contributed by atoms with Gasteiger partial charge in [0.05, 0.1) is 11.4 Å². The molecular formula is C15H18ClN3. The van der Waals surface area contributed by atoms with Gasteiger partial charge in [-0.1, -0.05) is 31.5 Å². The Morgan fingerprint density at radius 1 is 1.37 bits per heavy atom. The topological polar surface area (TPSA) is 43.8 Å². The van der Waals surface area contributed by atoms with Crippen molar-refractivity contribution in [3.8, 4) is 5.69 Å². The number of hydrogen-bond acceptors (Lipinski definition) is 2. The lowest BCUT2D eigenvalue weighted by atomic mass is 9.87. The van der Waals surface area contributed by atoms with E-state index in [1.54, 1.807) is 0 Å². The van der Waals surface area contributed by atoms with E-state index >= 15 is 0 Å². The van der Waals surface area contributed by atoms with Crippen molar-refractivity contribution in [1.82, 2.24) is 9.78 Å². The fourth-order valence-corrected chi connectivity index (χ4v) is 3.03. The maximum absolute atomic E-state index is 6.31. The summed E-state index contributed by atoms with van der Waals surface area (Å²) in [7, 11) is 0. The van der Waals surface area contributed by atoms with Crippen LogP contribution in [-0.4, -0.2) is 9.78 Å². The van der Waals surface area contributed by atoms with Crippen molar-refractivity contribution in [3.05, 3.63) is 40.0 Å². The first-order valence-electron chi connectivity index (χ1n) is 6.54. The molecule has 19 heavy (non-hydrogen) atoms. The first-order valence-corrected chi connectivity index (χ1v) is 6.92. The summed E-state index contributed by atoms with van der Waals surface area (Å²) < 4.78 is 1.82. The highest BCUT2D eigenvalue weighted by Crippen LogP contribution is 2.42. The lowest BCUT2D eigenvalue weighted by Crippen LogP contribution is -2.15. The standard InChI is InChI=1S/C15H18ClN3/c1-9-4-5-10(8-11(9)16)19-14(17)13-12(18-19)6-7-15(13,2)3/h4-5,8H,6-7,17H2,1-3H3. The zero-order valence-corrected chi connectivity index (χ0v) is 12.3. The molecule has 4 heteroatoms. The Balaban J connectivity index is 2.15. The highest BCUT2D eigenvalue weighted by Gasteiger charge is 2.36. The van der Waals surface area contributed by atoms with Crippen LogP contribution in [0.15, 0.2) is 18.2 Å². The molecule has 3 nitrogen and oxygen atoms in total. The van der Waals surface area contributed by atoms with E-state index in [9.17, 15) is 0 Å². The van der Waals surface area contributed by atoms with Crippen molar-refractivity contribution < 1.29 is 0 Å². The summed E-state index contributed by atoms with van der Waals surface area (Å²) in [5, 5.41) is 5.40. The van der Waals surface area contributed by atoms with Gasteiger partial charge in [0, 0.05) is 10.6 Å². The number of nitrogens with zero attached hydrogens (tertiary/aromatic N) is 2. The Labute approximate surface area is 118 Å². The number of anilines is 1. The second-order valence-corrected chi connectivity index (χ2v) is 6.34. The van der Waals surface area contributed by atoms with E-state index < -0.39 is 0 Å². The summed E-state index contributed by atoms with van der Waals surface area (Å²) in [6, 6.07) is 5.92. The summed E-state index contributed by atoms with van der Waals surface area (Å²) in [6.45, 7) is 6.44. The number of hydrogen-bond donors (Lipinski definition) is 1. The van der Waals surface area contributed by atoms with Crippen LogP contribution in [0.3, 0.4) is 0 Å². The van der Waals surface area contributed by atoms with Crippen molar-refractivity contribution in [2.24, 2.45) is 0 Å². The molecule has 0 aliphatic heterocycles. The number of benzene rings is 1. The SMILES string of the molecule is Cc1ccc(-n2nc3c(c2N)C(C)(C)CC3)cc1Cl. The maximum atomic E-state index is 6.31. The third-order valence-electron chi connectivity index (χ3n) is 4.06. The van der Waals surface area contributed by atoms with Crippen LogP contribution in [0.1, 0.15) is 37.1 Å². The van der Waals surface area contributed by atoms with Gasteiger partial charge in [-0.05, 0) is 42.9 Å². The van der Waals surface area contributed by atoms with Crippen LogP contribution in [0.25, 0.3) is 5.69 Å². The van der Waals surface area contributed by atoms with E-state index in [0.717, 1.165) is 40.6 Å². The van der Waals surface area contributed by atoms with Crippen LogP contribution >= 0.6 is 11.6 Å². The first kappa shape index (κ1) is 12.5. The largest absolute Gasteiger partial charge is 0.383 e. The van der Waals surface area contributed by atoms with Crippen LogP contribution in [0.2, 0.25) is 5.02 Å². The quantitative estimate of drug-likeness (QED) is 0.863. The molecule has 3 rings (SSSR count). The van der Waals surface area contributed by atoms with Gasteiger partial charge in [-0.3, -0.25) is 0 Å². The first-order chi connectivity index (χ1) is 8.90. The molecule has 1 aromatic heterocycles. The van der Waals surface area contributed by atoms with Crippen LogP contribution in [0.5, 0.6) is 0 Å². The molecule has 0 radical (unpaired) electrons. The normalized spacial score (nSPS) is 16.6. The molecule has 0 amide bonds. The average molecular weight is 276 g/mol. The van der Waals surface area contributed by atoms with E-state index in [4.69, 9.17) is 17.3 Å². The van der Waals surface area contributed by atoms with Crippen LogP contribution in [0, 0.1) is 6.92 Å². The predicted molar refractivity (Wildman–Crippen MR) is 79.1 cm³/mol. The minimum absolute atomic E-state index is 0.117. The maximum Gasteiger partial charge on any atom is 0.131 e. The van der Waals surface area contributed by atoms with Crippen LogP contribution < -0.4 is 5.73 Å². The van der Waals surface area contributed by atoms with E-state index in [1.807, 2.05) is 29.8 Å². The summed E-state index contributed by atoms with van der Waals surface area (Å²) in [4.78, 5) is 0. The third kappa shape index (κ3) is 1.84. The molecule has 2 N–H and O–H groups in total. The lowest BCUT2D eigenvalue weighted by molar-refractivity contribution is 0.519. The molecule has 100 valence electrons. The molecule has 0 atom stereocenters. The fraction of sp³-hybridized carbons (Fsp3) is 0.400. The highest BCUT2D eigenvalue weighted by molar-refractivity contribution is 6.31. The van der Waals surface area contributed by atoms with Crippen molar-refractivity contribution in [2.75, 3.05) is 5.73 Å². The van der Waals surface area contributed by atoms with Gasteiger partial charge in [-0.15, -0.1) is 0 Å². The molecule has 0 fully saturated rings. The van der Waals surface area contributed by atoms with Crippen LogP contribution in [0.4, 0.5) is 5.82 Å². The smallest absolute Gasteiger partial charge is 0.131 e. The highest BCUT2D eigenvalue weighted by atomic mass is 35.5. The van der Waals surface area contributed by atoms with Crippen LogP contribution in [-0.2, 0) is 11.8 Å². The van der Waals surface area contributed by atoms with Gasteiger partial charge >= 0.3 is 0 Å². The minimum Gasteiger partial charge on any atom is -0.383 e. The summed E-state index contributed by atoms with van der Waals surface area (Å²) in [5.74, 6) is 0.748. The molecule has 1 aliphatic rings. The minimum atomic E-state index is 0.117. The molecule has 0 saturated carbocycles. The number of fused-ring (bicyclic) bond motifs is 1. The Morgan fingerprint density at radius 2 is 2.11 bits per heavy atom. The van der Waals surface area contributed by atoms with Gasteiger partial charge in [0.25, 0.3) is 0 Å². The van der Waals surface area contributed by atoms with E-state index in [1.165, 1.54) is 5.56 Å². The number of halogens is 1. The van der Waals surface area contributed by atoms with Gasteiger partial charge in [0.1, 0.15) is 5.82 Å². The molecule has 1 aliphatic carbocycles. The predicted octanol–water partition coefficient (Wildman–Crippen LogP) is 3.64. The molecule has 0 bridgehead atoms. The monoisotopic (exact) mass is 275 g/mol. The number of aromatic nitrogens is 2. The summed E-state index contributed by atoms with van der Waals surface area (Å²) in [5.41, 5.74) is 10.7. The molecule has 0 saturated heterocycles. The average Bonchev–Trinajstić information content (AvgIpc) is 2.82. The molecular weight excluding hydrogens is 258 g/mol. The van der Waals surface area contributed by atoms with Crippen molar-refractivity contribution in [1.29, 1.82) is 0 Å². The Bertz CT molecular complexity index is 656.